The minimum atomic E-state index is -2.16. The lowest BCUT2D eigenvalue weighted by Gasteiger charge is -2.41. The summed E-state index contributed by atoms with van der Waals surface area (Å²) in [6.07, 6.45) is 22.7. The smallest absolute Gasteiger partial charge is 0.416 e. The SMILES string of the molecule is CCCCCCCCCCCCCCCCCC[Si]12O[Si]C([Si]O1)[Si]O2. The zero-order valence-electron chi connectivity index (χ0n) is 16.8. The Morgan fingerprint density at radius 1 is 0.538 bits per heavy atom. The first kappa shape index (κ1) is 23.0. The van der Waals surface area contributed by atoms with E-state index in [9.17, 15) is 0 Å². The highest BCUT2D eigenvalue weighted by molar-refractivity contribution is 6.89. The van der Waals surface area contributed by atoms with E-state index in [1.54, 1.807) is 0 Å². The van der Waals surface area contributed by atoms with Gasteiger partial charge in [-0.3, -0.25) is 0 Å². The van der Waals surface area contributed by atoms with E-state index in [-0.39, 0.29) is 0 Å². The van der Waals surface area contributed by atoms with Crippen LogP contribution < -0.4 is 0 Å². The number of rotatable bonds is 17. The Labute approximate surface area is 170 Å². The van der Waals surface area contributed by atoms with Crippen LogP contribution in [0.15, 0.2) is 0 Å². The molecule has 3 rings (SSSR count). The molecular formula is C19H38O3Si4. The molecule has 148 valence electrons. The average molecular weight is 427 g/mol. The van der Waals surface area contributed by atoms with E-state index in [0.717, 1.165) is 6.04 Å². The van der Waals surface area contributed by atoms with Gasteiger partial charge in [-0.2, -0.15) is 0 Å². The van der Waals surface area contributed by atoms with Crippen molar-refractivity contribution >= 4 is 38.1 Å². The van der Waals surface area contributed by atoms with Crippen LogP contribution in [0.2, 0.25) is 10.8 Å². The highest BCUT2D eigenvalue weighted by atomic mass is 28.5. The minimum absolute atomic E-state index is 0.579. The third kappa shape index (κ3) is 9.79. The van der Waals surface area contributed by atoms with Crippen LogP contribution in [0, 0.1) is 0 Å². The molecule has 3 aliphatic rings. The topological polar surface area (TPSA) is 27.7 Å². The third-order valence-corrected chi connectivity index (χ3v) is 14.3. The van der Waals surface area contributed by atoms with Gasteiger partial charge in [0.15, 0.2) is 0 Å². The maximum atomic E-state index is 5.92. The lowest BCUT2D eigenvalue weighted by Crippen LogP contribution is -2.60. The van der Waals surface area contributed by atoms with Crippen LogP contribution in [-0.4, -0.2) is 38.1 Å². The van der Waals surface area contributed by atoms with Crippen molar-refractivity contribution in [2.75, 3.05) is 0 Å². The maximum absolute atomic E-state index is 5.92. The fraction of sp³-hybridized carbons (Fsp3) is 1.00. The van der Waals surface area contributed by atoms with Gasteiger partial charge in [0.25, 0.3) is 0 Å². The van der Waals surface area contributed by atoms with Crippen molar-refractivity contribution in [2.24, 2.45) is 0 Å². The van der Waals surface area contributed by atoms with Gasteiger partial charge in [0, 0.05) is 10.8 Å². The highest BCUT2D eigenvalue weighted by Gasteiger charge is 2.50. The standard InChI is InChI=1S/C19H38O3Si4/c1-2-3-4-5-6-7-8-9-10-11-12-13-14-15-16-17-18-26-20-23-19(24-21-26)25-22-26/h19H,2-18H2,1H3. The van der Waals surface area contributed by atoms with Gasteiger partial charge in [0.1, 0.15) is 0 Å². The van der Waals surface area contributed by atoms with Gasteiger partial charge in [0.05, 0.1) is 0 Å². The molecule has 3 fully saturated rings. The number of hydrogen-bond acceptors (Lipinski definition) is 3. The molecule has 0 saturated carbocycles. The zero-order valence-corrected chi connectivity index (χ0v) is 20.8. The summed E-state index contributed by atoms with van der Waals surface area (Å²) in [5, 5.41) is 0. The molecule has 0 spiro atoms. The van der Waals surface area contributed by atoms with Gasteiger partial charge in [-0.15, -0.1) is 0 Å². The second-order valence-corrected chi connectivity index (χ2v) is 16.3. The summed E-state index contributed by atoms with van der Waals surface area (Å²) in [7, 11) is -0.178. The molecule has 3 aliphatic heterocycles. The normalized spacial score (nSPS) is 25.0. The molecule has 3 saturated heterocycles. The highest BCUT2D eigenvalue weighted by Crippen LogP contribution is 2.30. The van der Waals surface area contributed by atoms with Crippen molar-refractivity contribution in [1.82, 2.24) is 0 Å². The van der Waals surface area contributed by atoms with Crippen LogP contribution in [0.3, 0.4) is 0 Å². The second-order valence-electron chi connectivity index (χ2n) is 7.83. The molecule has 26 heavy (non-hydrogen) atoms. The Balaban J connectivity index is 1.27. The molecule has 3 nitrogen and oxygen atoms in total. The van der Waals surface area contributed by atoms with Crippen LogP contribution in [0.25, 0.3) is 0 Å². The first-order valence-corrected chi connectivity index (χ1v) is 16.0. The zero-order chi connectivity index (χ0) is 18.3. The van der Waals surface area contributed by atoms with Crippen LogP contribution in [0.1, 0.15) is 110 Å². The summed E-state index contributed by atoms with van der Waals surface area (Å²) < 4.78 is 17.8. The summed E-state index contributed by atoms with van der Waals surface area (Å²) in [5.74, 6) is 0. The molecule has 7 heteroatoms. The molecule has 0 amide bonds. The molecule has 6 radical (unpaired) electrons. The molecule has 0 N–H and O–H groups in total. The summed E-state index contributed by atoms with van der Waals surface area (Å²) in [6, 6.07) is 1.06. The Hall–Kier alpha value is 0.748. The van der Waals surface area contributed by atoms with E-state index in [2.05, 4.69) is 6.92 Å². The molecule has 0 aromatic rings. The average Bonchev–Trinajstić information content (AvgIpc) is 2.69. The Morgan fingerprint density at radius 3 is 1.27 bits per heavy atom. The lowest BCUT2D eigenvalue weighted by molar-refractivity contribution is 0.249. The number of fused-ring (bicyclic) bond motifs is 3. The van der Waals surface area contributed by atoms with E-state index in [4.69, 9.17) is 12.3 Å². The Bertz CT molecular complexity index is 325. The number of unbranched alkanes of at least 4 members (excludes halogenated alkanes) is 15. The van der Waals surface area contributed by atoms with Gasteiger partial charge in [0.2, 0.25) is 29.3 Å². The summed E-state index contributed by atoms with van der Waals surface area (Å²) in [6.45, 7) is 2.29. The molecule has 2 bridgehead atoms. The summed E-state index contributed by atoms with van der Waals surface area (Å²) in [4.78, 5) is 0.579. The van der Waals surface area contributed by atoms with E-state index in [1.807, 2.05) is 0 Å². The molecule has 0 aromatic carbocycles. The van der Waals surface area contributed by atoms with Crippen molar-refractivity contribution in [3.63, 3.8) is 0 Å². The van der Waals surface area contributed by atoms with Gasteiger partial charge in [-0.05, 0) is 6.42 Å². The first-order valence-electron chi connectivity index (χ1n) is 11.2. The summed E-state index contributed by atoms with van der Waals surface area (Å²) >= 11 is 0. The van der Waals surface area contributed by atoms with Gasteiger partial charge in [-0.25, -0.2) is 0 Å². The van der Waals surface area contributed by atoms with Crippen LogP contribution in [0.5, 0.6) is 0 Å². The van der Waals surface area contributed by atoms with E-state index >= 15 is 0 Å². The Kier molecular flexibility index (Phi) is 13.0. The minimum Gasteiger partial charge on any atom is -0.416 e. The van der Waals surface area contributed by atoms with E-state index in [0.29, 0.717) is 34.1 Å². The molecular weight excluding hydrogens is 389 g/mol. The van der Waals surface area contributed by atoms with Crippen molar-refractivity contribution in [2.45, 2.75) is 120 Å². The van der Waals surface area contributed by atoms with Gasteiger partial charge >= 0.3 is 8.80 Å². The lowest BCUT2D eigenvalue weighted by atomic mass is 10.0. The maximum Gasteiger partial charge on any atom is 0.469 e. The number of hydrogen-bond donors (Lipinski definition) is 0. The largest absolute Gasteiger partial charge is 0.469 e. The Morgan fingerprint density at radius 2 is 0.885 bits per heavy atom. The van der Waals surface area contributed by atoms with E-state index < -0.39 is 8.80 Å². The first-order chi connectivity index (χ1) is 12.8. The van der Waals surface area contributed by atoms with Crippen LogP contribution in [0.4, 0.5) is 0 Å². The van der Waals surface area contributed by atoms with Crippen molar-refractivity contribution in [3.8, 4) is 0 Å². The van der Waals surface area contributed by atoms with E-state index in [1.165, 1.54) is 103 Å². The molecule has 0 atom stereocenters. The van der Waals surface area contributed by atoms with Gasteiger partial charge < -0.3 is 12.3 Å². The van der Waals surface area contributed by atoms with Crippen molar-refractivity contribution in [1.29, 1.82) is 0 Å². The predicted octanol–water partition coefficient (Wildman–Crippen LogP) is 5.82. The molecule has 3 heterocycles. The predicted molar refractivity (Wildman–Crippen MR) is 114 cm³/mol. The molecule has 0 aromatic heterocycles. The van der Waals surface area contributed by atoms with Gasteiger partial charge in [-0.1, -0.05) is 103 Å². The second kappa shape index (κ2) is 14.7. The van der Waals surface area contributed by atoms with Crippen molar-refractivity contribution in [3.05, 3.63) is 0 Å². The quantitative estimate of drug-likeness (QED) is 0.216. The molecule has 0 unspecified atom stereocenters. The summed E-state index contributed by atoms with van der Waals surface area (Å²) in [5.41, 5.74) is 0. The fourth-order valence-corrected chi connectivity index (χ4v) is 14.5. The van der Waals surface area contributed by atoms with Crippen molar-refractivity contribution < 1.29 is 12.3 Å². The monoisotopic (exact) mass is 426 g/mol. The van der Waals surface area contributed by atoms with Crippen LogP contribution in [-0.2, 0) is 12.3 Å². The molecule has 0 aliphatic carbocycles. The fourth-order valence-electron chi connectivity index (χ4n) is 3.62. The van der Waals surface area contributed by atoms with Crippen LogP contribution >= 0.6 is 0 Å². The third-order valence-electron chi connectivity index (χ3n) is 5.33.